The molecule has 1 saturated heterocycles. The number of fused-ring (bicyclic) bond motifs is 3. The van der Waals surface area contributed by atoms with Gasteiger partial charge in [-0.05, 0) is 67.5 Å². The van der Waals surface area contributed by atoms with Gasteiger partial charge in [0.25, 0.3) is 0 Å². The van der Waals surface area contributed by atoms with Crippen LogP contribution in [-0.4, -0.2) is 43.9 Å². The van der Waals surface area contributed by atoms with Crippen LogP contribution in [0.3, 0.4) is 0 Å². The standard InChI is InChI=1S/C30H29ClN6O2/c1-16(2)27-22(8-6-11-32-27)37-23-13-19(24-17(3)9-10-21-20(24)14-33-35-21)26(31)28-25(23)29(34-30(37)38)36-12-5-4-7-18(36)15-39-28/h6,8-11,13-14,16,18H,4-5,7,12,15H2,1-3H3,(H,33,35)/t18-/m0/s1. The lowest BCUT2D eigenvalue weighted by Gasteiger charge is -2.35. The molecule has 0 unspecified atom stereocenters. The van der Waals surface area contributed by atoms with Gasteiger partial charge in [-0.3, -0.25) is 14.6 Å². The zero-order valence-electron chi connectivity index (χ0n) is 22.2. The van der Waals surface area contributed by atoms with Crippen LogP contribution in [0.2, 0.25) is 5.02 Å². The number of benzene rings is 2. The van der Waals surface area contributed by atoms with Crippen LogP contribution in [0.15, 0.2) is 47.5 Å². The number of aryl methyl sites for hydroxylation is 1. The van der Waals surface area contributed by atoms with Gasteiger partial charge < -0.3 is 9.64 Å². The third-order valence-corrected chi connectivity index (χ3v) is 8.46. The predicted octanol–water partition coefficient (Wildman–Crippen LogP) is 6.16. The molecule has 0 aliphatic carbocycles. The summed E-state index contributed by atoms with van der Waals surface area (Å²) in [6, 6.07) is 10.0. The van der Waals surface area contributed by atoms with Crippen molar-refractivity contribution in [3.8, 4) is 22.6 Å². The summed E-state index contributed by atoms with van der Waals surface area (Å²) >= 11 is 7.26. The first-order chi connectivity index (χ1) is 18.9. The topological polar surface area (TPSA) is 88.9 Å². The fourth-order valence-corrected chi connectivity index (χ4v) is 6.53. The fourth-order valence-electron chi connectivity index (χ4n) is 6.23. The number of hydrogen-bond acceptors (Lipinski definition) is 6. The fraction of sp³-hybridized carbons (Fsp3) is 0.333. The number of aromatic nitrogens is 5. The Kier molecular flexibility index (Phi) is 5.63. The SMILES string of the molecule is Cc1ccc2[nH]ncc2c1-c1cc2c3c(nc(=O)n2-c2cccnc2C(C)C)N2CCCC[C@H]2COc3c1Cl. The highest BCUT2D eigenvalue weighted by Crippen LogP contribution is 2.48. The number of anilines is 1. The van der Waals surface area contributed by atoms with Crippen molar-refractivity contribution < 1.29 is 4.74 Å². The number of rotatable bonds is 3. The molecule has 0 amide bonds. The minimum atomic E-state index is -0.337. The van der Waals surface area contributed by atoms with Crippen molar-refractivity contribution in [1.82, 2.24) is 24.7 Å². The number of ether oxygens (including phenoxy) is 1. The van der Waals surface area contributed by atoms with Crippen molar-refractivity contribution in [1.29, 1.82) is 0 Å². The maximum Gasteiger partial charge on any atom is 0.354 e. The number of nitrogens with one attached hydrogen (secondary N) is 1. The van der Waals surface area contributed by atoms with Gasteiger partial charge in [0, 0.05) is 23.7 Å². The average Bonchev–Trinajstić information content (AvgIpc) is 3.34. The van der Waals surface area contributed by atoms with Crippen LogP contribution in [0.5, 0.6) is 5.75 Å². The highest BCUT2D eigenvalue weighted by Gasteiger charge is 2.34. The summed E-state index contributed by atoms with van der Waals surface area (Å²) in [6.45, 7) is 7.53. The normalized spacial score (nSPS) is 16.9. The number of hydrogen-bond donors (Lipinski definition) is 1. The van der Waals surface area contributed by atoms with Crippen LogP contribution in [0, 0.1) is 6.92 Å². The van der Waals surface area contributed by atoms with Gasteiger partial charge in [-0.15, -0.1) is 0 Å². The Labute approximate surface area is 230 Å². The van der Waals surface area contributed by atoms with Crippen LogP contribution in [0.25, 0.3) is 38.6 Å². The minimum Gasteiger partial charge on any atom is -0.489 e. The van der Waals surface area contributed by atoms with E-state index < -0.39 is 0 Å². The van der Waals surface area contributed by atoms with Gasteiger partial charge in [0.1, 0.15) is 12.4 Å². The maximum atomic E-state index is 14.0. The number of nitrogens with zero attached hydrogens (tertiary/aromatic N) is 5. The Morgan fingerprint density at radius 1 is 1.21 bits per heavy atom. The summed E-state index contributed by atoms with van der Waals surface area (Å²) in [6.07, 6.45) is 6.74. The molecule has 198 valence electrons. The average molecular weight is 541 g/mol. The number of H-pyrrole nitrogens is 1. The van der Waals surface area contributed by atoms with Gasteiger partial charge in [0.2, 0.25) is 0 Å². The number of piperidine rings is 1. The summed E-state index contributed by atoms with van der Waals surface area (Å²) in [5.74, 6) is 1.34. The summed E-state index contributed by atoms with van der Waals surface area (Å²) in [5, 5.41) is 9.59. The van der Waals surface area contributed by atoms with Crippen molar-refractivity contribution in [3.63, 3.8) is 0 Å². The molecular formula is C30H29ClN6O2. The summed E-state index contributed by atoms with van der Waals surface area (Å²) in [5.41, 5.74) is 5.64. The maximum absolute atomic E-state index is 14.0. The zero-order valence-corrected chi connectivity index (χ0v) is 22.9. The molecule has 2 aliphatic heterocycles. The molecule has 2 aliphatic rings. The number of aromatic amines is 1. The Bertz CT molecular complexity index is 1820. The monoisotopic (exact) mass is 540 g/mol. The first-order valence-electron chi connectivity index (χ1n) is 13.5. The van der Waals surface area contributed by atoms with Gasteiger partial charge in [-0.25, -0.2) is 4.79 Å². The second-order valence-corrected chi connectivity index (χ2v) is 11.2. The second kappa shape index (κ2) is 9.09. The Morgan fingerprint density at radius 3 is 2.92 bits per heavy atom. The first-order valence-corrected chi connectivity index (χ1v) is 13.9. The smallest absolute Gasteiger partial charge is 0.354 e. The predicted molar refractivity (Wildman–Crippen MR) is 155 cm³/mol. The molecular weight excluding hydrogens is 512 g/mol. The minimum absolute atomic E-state index is 0.106. The lowest BCUT2D eigenvalue weighted by Crippen LogP contribution is -2.43. The molecule has 3 aromatic heterocycles. The van der Waals surface area contributed by atoms with E-state index in [0.29, 0.717) is 34.4 Å². The molecule has 1 N–H and O–H groups in total. The van der Waals surface area contributed by atoms with E-state index in [0.717, 1.165) is 64.5 Å². The molecule has 7 rings (SSSR count). The van der Waals surface area contributed by atoms with E-state index in [1.54, 1.807) is 10.8 Å². The highest BCUT2D eigenvalue weighted by molar-refractivity contribution is 6.37. The van der Waals surface area contributed by atoms with Crippen LogP contribution in [-0.2, 0) is 0 Å². The number of halogens is 1. The molecule has 2 aromatic carbocycles. The number of pyridine rings is 1. The Balaban J connectivity index is 1.64. The molecule has 39 heavy (non-hydrogen) atoms. The van der Waals surface area contributed by atoms with Crippen molar-refractivity contribution >= 4 is 39.2 Å². The molecule has 1 fully saturated rings. The lowest BCUT2D eigenvalue weighted by atomic mass is 9.95. The van der Waals surface area contributed by atoms with Gasteiger partial charge in [-0.2, -0.15) is 10.1 Å². The van der Waals surface area contributed by atoms with E-state index in [1.165, 1.54) is 0 Å². The van der Waals surface area contributed by atoms with Crippen molar-refractivity contribution in [2.24, 2.45) is 0 Å². The van der Waals surface area contributed by atoms with E-state index in [-0.39, 0.29) is 17.6 Å². The summed E-state index contributed by atoms with van der Waals surface area (Å²) in [4.78, 5) is 25.6. The van der Waals surface area contributed by atoms with Crippen molar-refractivity contribution in [2.45, 2.75) is 52.0 Å². The quantitative estimate of drug-likeness (QED) is 0.295. The van der Waals surface area contributed by atoms with Gasteiger partial charge in [0.05, 0.1) is 45.1 Å². The Morgan fingerprint density at radius 2 is 2.08 bits per heavy atom. The Hall–Kier alpha value is -3.91. The van der Waals surface area contributed by atoms with Gasteiger partial charge >= 0.3 is 5.69 Å². The van der Waals surface area contributed by atoms with Crippen LogP contribution in [0.4, 0.5) is 5.82 Å². The first kappa shape index (κ1) is 24.2. The van der Waals surface area contributed by atoms with E-state index in [1.807, 2.05) is 30.5 Å². The van der Waals surface area contributed by atoms with E-state index in [4.69, 9.17) is 21.3 Å². The molecule has 5 aromatic rings. The summed E-state index contributed by atoms with van der Waals surface area (Å²) < 4.78 is 8.24. The highest BCUT2D eigenvalue weighted by atomic mass is 35.5. The van der Waals surface area contributed by atoms with Gasteiger partial charge in [0.15, 0.2) is 5.75 Å². The zero-order chi connectivity index (χ0) is 26.8. The van der Waals surface area contributed by atoms with E-state index >= 15 is 0 Å². The summed E-state index contributed by atoms with van der Waals surface area (Å²) in [7, 11) is 0. The van der Waals surface area contributed by atoms with E-state index in [9.17, 15) is 4.79 Å². The molecule has 8 nitrogen and oxygen atoms in total. The van der Waals surface area contributed by atoms with Crippen LogP contribution >= 0.6 is 11.6 Å². The molecule has 9 heteroatoms. The second-order valence-electron chi connectivity index (χ2n) is 10.8. The third-order valence-electron chi connectivity index (χ3n) is 8.08. The van der Waals surface area contributed by atoms with Crippen molar-refractivity contribution in [2.75, 3.05) is 18.1 Å². The van der Waals surface area contributed by atoms with Crippen LogP contribution in [0.1, 0.15) is 50.3 Å². The molecule has 1 atom stereocenters. The van der Waals surface area contributed by atoms with Crippen LogP contribution < -0.4 is 15.3 Å². The molecule has 0 spiro atoms. The largest absolute Gasteiger partial charge is 0.489 e. The molecule has 5 heterocycles. The molecule has 0 saturated carbocycles. The molecule has 0 bridgehead atoms. The molecule has 0 radical (unpaired) electrons. The third kappa shape index (κ3) is 3.65. The van der Waals surface area contributed by atoms with E-state index in [2.05, 4.69) is 46.9 Å². The lowest BCUT2D eigenvalue weighted by molar-refractivity contribution is 0.268. The van der Waals surface area contributed by atoms with Gasteiger partial charge in [-0.1, -0.05) is 31.5 Å². The van der Waals surface area contributed by atoms with Crippen molar-refractivity contribution in [3.05, 3.63) is 69.5 Å².